The van der Waals surface area contributed by atoms with Gasteiger partial charge in [0, 0.05) is 29.9 Å². The lowest BCUT2D eigenvalue weighted by atomic mass is 9.97. The zero-order valence-corrected chi connectivity index (χ0v) is 23.5. The number of piperazine rings is 1. The van der Waals surface area contributed by atoms with Crippen LogP contribution in [0.3, 0.4) is 0 Å². The maximum absolute atomic E-state index is 13.7. The summed E-state index contributed by atoms with van der Waals surface area (Å²) < 4.78 is 17.9. The number of hydrogen-bond donors (Lipinski definition) is 1. The molecule has 210 valence electrons. The molecule has 11 heteroatoms. The maximum Gasteiger partial charge on any atom is 0.410 e. The van der Waals surface area contributed by atoms with Crippen molar-refractivity contribution in [1.29, 1.82) is 0 Å². The number of oxazole rings is 1. The predicted octanol–water partition coefficient (Wildman–Crippen LogP) is 3.10. The SMILES string of the molecule is COC(=O)Cc1c(C)n(N2CCN(C(=O)OC(C)(C)C)CC2)c(=O)c2oc(-c3ccc(C(C)(C)O)cc3)nc12. The highest BCUT2D eigenvalue weighted by Crippen LogP contribution is 2.29. The van der Waals surface area contributed by atoms with Crippen LogP contribution in [0.4, 0.5) is 4.79 Å². The summed E-state index contributed by atoms with van der Waals surface area (Å²) in [6, 6.07) is 7.07. The highest BCUT2D eigenvalue weighted by Gasteiger charge is 2.29. The Balaban J connectivity index is 1.73. The molecular formula is C28H36N4O7. The minimum Gasteiger partial charge on any atom is -0.469 e. The Kier molecular flexibility index (Phi) is 7.48. The molecular weight excluding hydrogens is 504 g/mol. The maximum atomic E-state index is 13.7. The molecule has 11 nitrogen and oxygen atoms in total. The Morgan fingerprint density at radius 2 is 1.67 bits per heavy atom. The number of amides is 1. The van der Waals surface area contributed by atoms with Crippen molar-refractivity contribution in [2.24, 2.45) is 0 Å². The minimum absolute atomic E-state index is 0.0237. The zero-order valence-electron chi connectivity index (χ0n) is 23.5. The van der Waals surface area contributed by atoms with Gasteiger partial charge in [0.15, 0.2) is 0 Å². The molecule has 1 aromatic carbocycles. The largest absolute Gasteiger partial charge is 0.469 e. The Morgan fingerprint density at radius 1 is 1.05 bits per heavy atom. The average Bonchev–Trinajstić information content (AvgIpc) is 3.31. The van der Waals surface area contributed by atoms with Gasteiger partial charge in [-0.15, -0.1) is 0 Å². The second kappa shape index (κ2) is 10.4. The van der Waals surface area contributed by atoms with Crippen molar-refractivity contribution in [1.82, 2.24) is 14.6 Å². The van der Waals surface area contributed by atoms with Crippen LogP contribution in [0.25, 0.3) is 22.6 Å². The third kappa shape index (κ3) is 5.93. The van der Waals surface area contributed by atoms with E-state index in [0.29, 0.717) is 48.5 Å². The molecule has 39 heavy (non-hydrogen) atoms. The molecule has 3 aromatic rings. The first-order valence-corrected chi connectivity index (χ1v) is 12.9. The molecule has 1 N–H and O–H groups in total. The van der Waals surface area contributed by atoms with E-state index in [1.807, 2.05) is 25.8 Å². The predicted molar refractivity (Wildman–Crippen MR) is 145 cm³/mol. The second-order valence-corrected chi connectivity index (χ2v) is 11.2. The van der Waals surface area contributed by atoms with Crippen molar-refractivity contribution < 1.29 is 28.6 Å². The molecule has 0 spiro atoms. The fraction of sp³-hybridized carbons (Fsp3) is 0.500. The number of rotatable bonds is 5. The van der Waals surface area contributed by atoms with E-state index in [1.165, 1.54) is 11.8 Å². The number of ether oxygens (including phenoxy) is 2. The van der Waals surface area contributed by atoms with Crippen LogP contribution in [0.1, 0.15) is 51.4 Å². The van der Waals surface area contributed by atoms with Gasteiger partial charge >= 0.3 is 17.6 Å². The van der Waals surface area contributed by atoms with Gasteiger partial charge < -0.3 is 28.9 Å². The van der Waals surface area contributed by atoms with Gasteiger partial charge in [-0.25, -0.2) is 14.5 Å². The number of carbonyl (C=O) groups is 2. The Bertz CT molecular complexity index is 1430. The van der Waals surface area contributed by atoms with E-state index in [-0.39, 0.29) is 17.9 Å². The van der Waals surface area contributed by atoms with Crippen molar-refractivity contribution in [2.75, 3.05) is 38.3 Å². The Labute approximate surface area is 226 Å². The molecule has 0 unspecified atom stereocenters. The van der Waals surface area contributed by atoms with Gasteiger partial charge in [0.05, 0.1) is 32.2 Å². The van der Waals surface area contributed by atoms with Crippen molar-refractivity contribution in [3.8, 4) is 11.5 Å². The van der Waals surface area contributed by atoms with E-state index in [1.54, 1.807) is 49.9 Å². The molecule has 3 heterocycles. The van der Waals surface area contributed by atoms with Gasteiger partial charge in [0.25, 0.3) is 0 Å². The third-order valence-corrected chi connectivity index (χ3v) is 6.63. The van der Waals surface area contributed by atoms with E-state index in [0.717, 1.165) is 5.56 Å². The van der Waals surface area contributed by atoms with Gasteiger partial charge in [0.2, 0.25) is 11.5 Å². The lowest BCUT2D eigenvalue weighted by molar-refractivity contribution is -0.139. The smallest absolute Gasteiger partial charge is 0.410 e. The molecule has 1 aliphatic heterocycles. The third-order valence-electron chi connectivity index (χ3n) is 6.63. The topological polar surface area (TPSA) is 127 Å². The van der Waals surface area contributed by atoms with Crippen molar-refractivity contribution in [3.63, 3.8) is 0 Å². The number of pyridine rings is 1. The first-order chi connectivity index (χ1) is 18.2. The van der Waals surface area contributed by atoms with Gasteiger partial charge in [0.1, 0.15) is 11.1 Å². The fourth-order valence-electron chi connectivity index (χ4n) is 4.54. The first-order valence-electron chi connectivity index (χ1n) is 12.9. The number of carbonyl (C=O) groups excluding carboxylic acids is 2. The summed E-state index contributed by atoms with van der Waals surface area (Å²) in [6.45, 7) is 12.1. The zero-order chi connectivity index (χ0) is 28.7. The number of nitrogens with zero attached hydrogens (tertiary/aromatic N) is 4. The summed E-state index contributed by atoms with van der Waals surface area (Å²) >= 11 is 0. The highest BCUT2D eigenvalue weighted by atomic mass is 16.6. The molecule has 0 aliphatic carbocycles. The summed E-state index contributed by atoms with van der Waals surface area (Å²) in [4.78, 5) is 44.8. The fourth-order valence-corrected chi connectivity index (χ4v) is 4.54. The summed E-state index contributed by atoms with van der Waals surface area (Å²) in [7, 11) is 1.30. The molecule has 0 bridgehead atoms. The van der Waals surface area contributed by atoms with Crippen LogP contribution in [0.2, 0.25) is 0 Å². The Morgan fingerprint density at radius 3 is 2.21 bits per heavy atom. The van der Waals surface area contributed by atoms with Crippen LogP contribution in [0.15, 0.2) is 33.5 Å². The highest BCUT2D eigenvalue weighted by molar-refractivity contribution is 5.85. The van der Waals surface area contributed by atoms with E-state index >= 15 is 0 Å². The van der Waals surface area contributed by atoms with Gasteiger partial charge in [-0.3, -0.25) is 9.59 Å². The van der Waals surface area contributed by atoms with Crippen LogP contribution in [-0.2, 0) is 26.3 Å². The molecule has 4 rings (SSSR count). The first kappa shape index (κ1) is 28.2. The second-order valence-electron chi connectivity index (χ2n) is 11.2. The molecule has 0 atom stereocenters. The molecule has 0 radical (unpaired) electrons. The molecule has 1 saturated heterocycles. The lowest BCUT2D eigenvalue weighted by Gasteiger charge is -2.38. The van der Waals surface area contributed by atoms with Gasteiger partial charge in [-0.2, -0.15) is 0 Å². The number of aromatic nitrogens is 2. The van der Waals surface area contributed by atoms with Crippen molar-refractivity contribution in [3.05, 3.63) is 51.4 Å². The van der Waals surface area contributed by atoms with Crippen LogP contribution < -0.4 is 10.6 Å². The number of aliphatic hydroxyl groups is 1. The number of esters is 1. The van der Waals surface area contributed by atoms with Crippen LogP contribution in [-0.4, -0.2) is 70.6 Å². The van der Waals surface area contributed by atoms with Crippen LogP contribution in [0.5, 0.6) is 0 Å². The van der Waals surface area contributed by atoms with Crippen molar-refractivity contribution >= 4 is 23.2 Å². The quantitative estimate of drug-likeness (QED) is 0.486. The summed E-state index contributed by atoms with van der Waals surface area (Å²) in [5, 5.41) is 12.1. The number of hydrogen-bond acceptors (Lipinski definition) is 9. The average molecular weight is 541 g/mol. The molecule has 0 saturated carbocycles. The standard InChI is InChI=1S/C28H36N4O7/c1-17-20(16-21(33)37-7)22-23(38-24(29-22)18-8-10-19(11-9-18)28(5,6)36)25(34)32(17)31-14-12-30(13-15-31)26(35)39-27(2,3)4/h8-11,36H,12-16H2,1-7H3. The summed E-state index contributed by atoms with van der Waals surface area (Å²) in [5.41, 5.74) is 0.711. The monoisotopic (exact) mass is 540 g/mol. The molecule has 2 aromatic heterocycles. The van der Waals surface area contributed by atoms with Crippen LogP contribution >= 0.6 is 0 Å². The Hall–Kier alpha value is -3.86. The van der Waals surface area contributed by atoms with Crippen LogP contribution in [0, 0.1) is 6.92 Å². The summed E-state index contributed by atoms with van der Waals surface area (Å²) in [5.74, 6) is -0.249. The number of fused-ring (bicyclic) bond motifs is 1. The lowest BCUT2D eigenvalue weighted by Crippen LogP contribution is -2.56. The molecule has 1 aliphatic rings. The molecule has 1 fully saturated rings. The van der Waals surface area contributed by atoms with E-state index in [4.69, 9.17) is 13.9 Å². The number of benzene rings is 1. The van der Waals surface area contributed by atoms with E-state index in [9.17, 15) is 19.5 Å². The number of methoxy groups -OCH3 is 1. The van der Waals surface area contributed by atoms with Crippen molar-refractivity contribution in [2.45, 2.75) is 59.2 Å². The molecule has 1 amide bonds. The minimum atomic E-state index is -1.01. The normalized spacial score (nSPS) is 14.6. The van der Waals surface area contributed by atoms with E-state index in [2.05, 4.69) is 4.98 Å². The summed E-state index contributed by atoms with van der Waals surface area (Å²) in [6.07, 6.45) is -0.496. The van der Waals surface area contributed by atoms with E-state index < -0.39 is 28.8 Å². The van der Waals surface area contributed by atoms with Gasteiger partial charge in [-0.1, -0.05) is 12.1 Å². The van der Waals surface area contributed by atoms with Gasteiger partial charge in [-0.05, 0) is 59.2 Å².